The lowest BCUT2D eigenvalue weighted by atomic mass is 10.2. The molecule has 3 aromatic rings. The highest BCUT2D eigenvalue weighted by molar-refractivity contribution is 7.92. The maximum absolute atomic E-state index is 13.7. The minimum atomic E-state index is -4.15. The van der Waals surface area contributed by atoms with Crippen molar-refractivity contribution in [3.05, 3.63) is 72.3 Å². The minimum absolute atomic E-state index is 0.0141. The standard InChI is InChI=1S/C27H33N3O7S2/c1-6-37-22-11-9-21(10-12-22)30(39(34,35)23-13-7-20(4)8-14-23)18-27(31)28-25-17-24(15-16-26(25)36-5)38(32,33)29-19(2)3/h7-17,19,29H,6,18H2,1-5H3,(H,28,31). The predicted octanol–water partition coefficient (Wildman–Crippen LogP) is 3.92. The molecule has 0 aliphatic carbocycles. The van der Waals surface area contributed by atoms with Gasteiger partial charge in [-0.3, -0.25) is 9.10 Å². The lowest BCUT2D eigenvalue weighted by molar-refractivity contribution is -0.114. The number of ether oxygens (including phenoxy) is 2. The number of anilines is 2. The summed E-state index contributed by atoms with van der Waals surface area (Å²) in [6.45, 7) is 6.90. The van der Waals surface area contributed by atoms with E-state index in [1.54, 1.807) is 50.2 Å². The fourth-order valence-corrected chi connectivity index (χ4v) is 6.38. The molecule has 0 heterocycles. The smallest absolute Gasteiger partial charge is 0.264 e. The Bertz CT molecular complexity index is 1500. The average molecular weight is 576 g/mol. The van der Waals surface area contributed by atoms with Gasteiger partial charge in [-0.25, -0.2) is 21.6 Å². The van der Waals surface area contributed by atoms with E-state index in [2.05, 4.69) is 10.0 Å². The van der Waals surface area contributed by atoms with Gasteiger partial charge in [0.15, 0.2) is 0 Å². The van der Waals surface area contributed by atoms with Gasteiger partial charge >= 0.3 is 0 Å². The molecular formula is C27H33N3O7S2. The van der Waals surface area contributed by atoms with Gasteiger partial charge in [-0.1, -0.05) is 17.7 Å². The van der Waals surface area contributed by atoms with E-state index in [0.717, 1.165) is 9.87 Å². The van der Waals surface area contributed by atoms with Gasteiger partial charge in [-0.2, -0.15) is 0 Å². The van der Waals surface area contributed by atoms with Crippen LogP contribution in [0.15, 0.2) is 76.5 Å². The molecule has 3 aromatic carbocycles. The van der Waals surface area contributed by atoms with Crippen LogP contribution in [0.25, 0.3) is 0 Å². The van der Waals surface area contributed by atoms with Crippen LogP contribution in [0.4, 0.5) is 11.4 Å². The molecule has 0 unspecified atom stereocenters. The highest BCUT2D eigenvalue weighted by Crippen LogP contribution is 2.29. The molecule has 210 valence electrons. The second-order valence-electron chi connectivity index (χ2n) is 8.94. The van der Waals surface area contributed by atoms with Crippen molar-refractivity contribution >= 4 is 37.3 Å². The summed E-state index contributed by atoms with van der Waals surface area (Å²) in [6, 6.07) is 16.3. The van der Waals surface area contributed by atoms with Gasteiger partial charge in [-0.15, -0.1) is 0 Å². The number of aryl methyl sites for hydroxylation is 1. The van der Waals surface area contributed by atoms with Crippen molar-refractivity contribution in [1.29, 1.82) is 0 Å². The largest absolute Gasteiger partial charge is 0.495 e. The summed E-state index contributed by atoms with van der Waals surface area (Å²) in [7, 11) is -6.63. The molecule has 3 rings (SSSR count). The number of rotatable bonds is 12. The molecule has 2 N–H and O–H groups in total. The summed E-state index contributed by atoms with van der Waals surface area (Å²) in [4.78, 5) is 13.2. The van der Waals surface area contributed by atoms with Gasteiger partial charge in [0.2, 0.25) is 15.9 Å². The number of nitrogens with one attached hydrogen (secondary N) is 2. The Labute approximate surface area is 230 Å². The highest BCUT2D eigenvalue weighted by Gasteiger charge is 2.28. The van der Waals surface area contributed by atoms with Crippen molar-refractivity contribution in [3.63, 3.8) is 0 Å². The fourth-order valence-electron chi connectivity index (χ4n) is 3.68. The van der Waals surface area contributed by atoms with Crippen LogP contribution in [-0.4, -0.2) is 49.0 Å². The van der Waals surface area contributed by atoms with Gasteiger partial charge in [-0.05, 0) is 82.3 Å². The Kier molecular flexibility index (Phi) is 9.59. The number of hydrogen-bond donors (Lipinski definition) is 2. The highest BCUT2D eigenvalue weighted by atomic mass is 32.2. The third kappa shape index (κ3) is 7.49. The quantitative estimate of drug-likeness (QED) is 0.335. The summed E-state index contributed by atoms with van der Waals surface area (Å²) in [5.74, 6) is 0.0567. The lowest BCUT2D eigenvalue weighted by Gasteiger charge is -2.24. The van der Waals surface area contributed by atoms with E-state index in [1.807, 2.05) is 13.8 Å². The van der Waals surface area contributed by atoms with E-state index in [0.29, 0.717) is 12.4 Å². The van der Waals surface area contributed by atoms with Gasteiger partial charge in [0.25, 0.3) is 10.0 Å². The zero-order valence-electron chi connectivity index (χ0n) is 22.5. The van der Waals surface area contributed by atoms with E-state index >= 15 is 0 Å². The van der Waals surface area contributed by atoms with E-state index in [9.17, 15) is 21.6 Å². The number of hydrogen-bond acceptors (Lipinski definition) is 7. The molecule has 12 heteroatoms. The van der Waals surface area contributed by atoms with Crippen LogP contribution in [0, 0.1) is 6.92 Å². The van der Waals surface area contributed by atoms with Crippen LogP contribution >= 0.6 is 0 Å². The minimum Gasteiger partial charge on any atom is -0.495 e. The summed E-state index contributed by atoms with van der Waals surface area (Å²) in [6.07, 6.45) is 0. The summed E-state index contributed by atoms with van der Waals surface area (Å²) in [5, 5.41) is 2.60. The molecule has 0 radical (unpaired) electrons. The molecule has 0 aliphatic rings. The molecule has 0 aliphatic heterocycles. The maximum Gasteiger partial charge on any atom is 0.264 e. The molecule has 39 heavy (non-hydrogen) atoms. The number of methoxy groups -OCH3 is 1. The zero-order valence-corrected chi connectivity index (χ0v) is 24.1. The number of sulfonamides is 2. The van der Waals surface area contributed by atoms with Crippen molar-refractivity contribution in [1.82, 2.24) is 4.72 Å². The summed E-state index contributed by atoms with van der Waals surface area (Å²) in [5.41, 5.74) is 1.21. The van der Waals surface area contributed by atoms with E-state index in [1.165, 1.54) is 37.4 Å². The van der Waals surface area contributed by atoms with Crippen LogP contribution in [0.5, 0.6) is 11.5 Å². The second-order valence-corrected chi connectivity index (χ2v) is 12.5. The van der Waals surface area contributed by atoms with E-state index < -0.39 is 32.5 Å². The van der Waals surface area contributed by atoms with Gasteiger partial charge in [0.05, 0.1) is 34.9 Å². The normalized spacial score (nSPS) is 11.7. The summed E-state index contributed by atoms with van der Waals surface area (Å²) >= 11 is 0. The average Bonchev–Trinajstić information content (AvgIpc) is 2.87. The van der Waals surface area contributed by atoms with Crippen LogP contribution in [-0.2, 0) is 24.8 Å². The summed E-state index contributed by atoms with van der Waals surface area (Å²) < 4.78 is 66.9. The molecular weight excluding hydrogens is 542 g/mol. The molecule has 0 aromatic heterocycles. The Balaban J connectivity index is 1.97. The first-order valence-electron chi connectivity index (χ1n) is 12.2. The van der Waals surface area contributed by atoms with Crippen molar-refractivity contribution in [2.75, 3.05) is 29.9 Å². The van der Waals surface area contributed by atoms with Gasteiger partial charge in [0, 0.05) is 6.04 Å². The molecule has 10 nitrogen and oxygen atoms in total. The number of nitrogens with zero attached hydrogens (tertiary/aromatic N) is 1. The topological polar surface area (TPSA) is 131 Å². The van der Waals surface area contributed by atoms with Gasteiger partial charge < -0.3 is 14.8 Å². The second kappa shape index (κ2) is 12.5. The molecule has 1 amide bonds. The van der Waals surface area contributed by atoms with E-state index in [4.69, 9.17) is 9.47 Å². The van der Waals surface area contributed by atoms with Crippen LogP contribution in [0.2, 0.25) is 0 Å². The first-order valence-corrected chi connectivity index (χ1v) is 15.1. The molecule has 0 spiro atoms. The Morgan fingerprint density at radius 1 is 0.923 bits per heavy atom. The molecule has 0 atom stereocenters. The molecule has 0 saturated heterocycles. The van der Waals surface area contributed by atoms with Crippen molar-refractivity contribution in [3.8, 4) is 11.5 Å². The Hall–Kier alpha value is -3.61. The van der Waals surface area contributed by atoms with Crippen molar-refractivity contribution < 1.29 is 31.1 Å². The first-order chi connectivity index (χ1) is 18.4. The van der Waals surface area contributed by atoms with Crippen LogP contribution < -0.4 is 23.8 Å². The lowest BCUT2D eigenvalue weighted by Crippen LogP contribution is -2.38. The van der Waals surface area contributed by atoms with Crippen LogP contribution in [0.1, 0.15) is 26.3 Å². The third-order valence-electron chi connectivity index (χ3n) is 5.48. The van der Waals surface area contributed by atoms with Gasteiger partial charge in [0.1, 0.15) is 18.0 Å². The number of carbonyl (C=O) groups excluding carboxylic acids is 1. The third-order valence-corrected chi connectivity index (χ3v) is 8.92. The van der Waals surface area contributed by atoms with Crippen LogP contribution in [0.3, 0.4) is 0 Å². The maximum atomic E-state index is 13.7. The Morgan fingerprint density at radius 3 is 2.10 bits per heavy atom. The Morgan fingerprint density at radius 2 is 1.54 bits per heavy atom. The monoisotopic (exact) mass is 575 g/mol. The zero-order chi connectivity index (χ0) is 28.8. The number of carbonyl (C=O) groups is 1. The molecule has 0 saturated carbocycles. The SMILES string of the molecule is CCOc1ccc(N(CC(=O)Nc2cc(S(=O)(=O)NC(C)C)ccc2OC)S(=O)(=O)c2ccc(C)cc2)cc1. The van der Waals surface area contributed by atoms with Crippen molar-refractivity contribution in [2.24, 2.45) is 0 Å². The van der Waals surface area contributed by atoms with E-state index in [-0.39, 0.29) is 33.0 Å². The first kappa shape index (κ1) is 29.9. The molecule has 0 bridgehead atoms. The molecule has 0 fully saturated rings. The fraction of sp³-hybridized carbons (Fsp3) is 0.296. The number of amides is 1. The van der Waals surface area contributed by atoms with Crippen molar-refractivity contribution in [2.45, 2.75) is 43.5 Å². The predicted molar refractivity (Wildman–Crippen MR) is 150 cm³/mol. The number of benzene rings is 3.